The van der Waals surface area contributed by atoms with Gasteiger partial charge >= 0.3 is 0 Å². The zero-order valence-electron chi connectivity index (χ0n) is 11.4. The summed E-state index contributed by atoms with van der Waals surface area (Å²) < 4.78 is 0. The molecule has 1 aromatic rings. The van der Waals surface area contributed by atoms with Gasteiger partial charge in [-0.2, -0.15) is 0 Å². The van der Waals surface area contributed by atoms with Crippen LogP contribution in [0.4, 0.5) is 5.69 Å². The van der Waals surface area contributed by atoms with Crippen molar-refractivity contribution in [2.24, 2.45) is 0 Å². The van der Waals surface area contributed by atoms with Crippen LogP contribution in [0.25, 0.3) is 0 Å². The van der Waals surface area contributed by atoms with Crippen molar-refractivity contribution in [3.63, 3.8) is 0 Å². The Morgan fingerprint density at radius 2 is 2.00 bits per heavy atom. The fourth-order valence-corrected chi connectivity index (χ4v) is 3.70. The lowest BCUT2D eigenvalue weighted by molar-refractivity contribution is 0.340. The van der Waals surface area contributed by atoms with Crippen LogP contribution in [0.3, 0.4) is 0 Å². The van der Waals surface area contributed by atoms with Crippen molar-refractivity contribution in [2.45, 2.75) is 51.0 Å². The molecule has 1 nitrogen and oxygen atoms in total. The van der Waals surface area contributed by atoms with Crippen LogP contribution in [-0.2, 0) is 6.42 Å². The first-order chi connectivity index (χ1) is 8.69. The molecule has 0 aliphatic carbocycles. The second kappa shape index (κ2) is 4.46. The molecule has 1 saturated heterocycles. The highest BCUT2D eigenvalue weighted by atomic mass is 15.2. The van der Waals surface area contributed by atoms with Gasteiger partial charge in [0.2, 0.25) is 0 Å². The van der Waals surface area contributed by atoms with Crippen LogP contribution >= 0.6 is 0 Å². The summed E-state index contributed by atoms with van der Waals surface area (Å²) in [4.78, 5) is 2.66. The third-order valence-electron chi connectivity index (χ3n) is 4.67. The average Bonchev–Trinajstić information content (AvgIpc) is 2.33. The lowest BCUT2D eigenvalue weighted by atomic mass is 9.79. The summed E-state index contributed by atoms with van der Waals surface area (Å²) in [5.41, 5.74) is 4.75. The van der Waals surface area contributed by atoms with Crippen molar-refractivity contribution >= 4 is 5.69 Å². The van der Waals surface area contributed by atoms with Gasteiger partial charge in [0.15, 0.2) is 0 Å². The van der Waals surface area contributed by atoms with Crippen LogP contribution < -0.4 is 4.90 Å². The average molecular weight is 241 g/mol. The minimum Gasteiger partial charge on any atom is -0.365 e. The van der Waals surface area contributed by atoms with Gasteiger partial charge in [-0.15, -0.1) is 0 Å². The normalized spacial score (nSPS) is 28.1. The van der Waals surface area contributed by atoms with Crippen molar-refractivity contribution in [2.75, 3.05) is 11.4 Å². The van der Waals surface area contributed by atoms with Gasteiger partial charge in [-0.05, 0) is 50.7 Å². The van der Waals surface area contributed by atoms with Crippen molar-refractivity contribution in [1.82, 2.24) is 0 Å². The molecule has 1 fully saturated rings. The smallest absolute Gasteiger partial charge is 0.0411 e. The van der Waals surface area contributed by atoms with Gasteiger partial charge in [0.1, 0.15) is 0 Å². The van der Waals surface area contributed by atoms with Gasteiger partial charge in [-0.1, -0.05) is 36.8 Å². The molecule has 2 aliphatic rings. The lowest BCUT2D eigenvalue weighted by Crippen LogP contribution is -2.51. The van der Waals surface area contributed by atoms with Crippen LogP contribution in [0, 0.1) is 0 Å². The van der Waals surface area contributed by atoms with Crippen LogP contribution in [-0.4, -0.2) is 12.1 Å². The van der Waals surface area contributed by atoms with Gasteiger partial charge in [-0.25, -0.2) is 0 Å². The van der Waals surface area contributed by atoms with Crippen LogP contribution in [0.2, 0.25) is 0 Å². The molecule has 1 aromatic carbocycles. The number of para-hydroxylation sites is 1. The van der Waals surface area contributed by atoms with Crippen molar-refractivity contribution in [1.29, 1.82) is 0 Å². The predicted molar refractivity (Wildman–Crippen MR) is 78.1 cm³/mol. The van der Waals surface area contributed by atoms with Gasteiger partial charge in [0.05, 0.1) is 0 Å². The second-order valence-corrected chi connectivity index (χ2v) is 6.16. The lowest BCUT2D eigenvalue weighted by Gasteiger charge is -2.49. The molecule has 96 valence electrons. The Bertz CT molecular complexity index is 462. The molecule has 0 aromatic heterocycles. The molecule has 2 heterocycles. The summed E-state index contributed by atoms with van der Waals surface area (Å²) in [7, 11) is 0. The molecule has 0 amide bonds. The zero-order chi connectivity index (χ0) is 12.6. The molecule has 1 heteroatoms. The second-order valence-electron chi connectivity index (χ2n) is 6.16. The highest BCUT2D eigenvalue weighted by Crippen LogP contribution is 2.41. The van der Waals surface area contributed by atoms with Crippen LogP contribution in [0.5, 0.6) is 0 Å². The molecule has 0 radical (unpaired) electrons. The van der Waals surface area contributed by atoms with Crippen LogP contribution in [0.15, 0.2) is 36.4 Å². The van der Waals surface area contributed by atoms with E-state index in [4.69, 9.17) is 0 Å². The summed E-state index contributed by atoms with van der Waals surface area (Å²) in [6.07, 6.45) is 7.54. The van der Waals surface area contributed by atoms with Crippen molar-refractivity contribution in [3.05, 3.63) is 42.0 Å². The molecule has 18 heavy (non-hydrogen) atoms. The fraction of sp³-hybridized carbons (Fsp3) is 0.529. The Hall–Kier alpha value is -1.24. The molecule has 0 bridgehead atoms. The van der Waals surface area contributed by atoms with Crippen LogP contribution in [0.1, 0.15) is 44.6 Å². The van der Waals surface area contributed by atoms with Crippen molar-refractivity contribution in [3.8, 4) is 0 Å². The maximum Gasteiger partial charge on any atom is 0.0411 e. The molecular weight excluding hydrogens is 218 g/mol. The monoisotopic (exact) mass is 241 g/mol. The summed E-state index contributed by atoms with van der Waals surface area (Å²) in [6.45, 7) is 7.81. The Morgan fingerprint density at radius 3 is 2.89 bits per heavy atom. The molecule has 0 saturated carbocycles. The summed E-state index contributed by atoms with van der Waals surface area (Å²) >= 11 is 0. The highest BCUT2D eigenvalue weighted by molar-refractivity contribution is 5.57. The van der Waals surface area contributed by atoms with Gasteiger partial charge in [0.25, 0.3) is 0 Å². The SMILES string of the molecule is C=C1CCN2c3ccccc3CCCCC2(C)C1. The number of fused-ring (bicyclic) bond motifs is 3. The van der Waals surface area contributed by atoms with E-state index in [9.17, 15) is 0 Å². The number of aryl methyl sites for hydroxylation is 1. The highest BCUT2D eigenvalue weighted by Gasteiger charge is 2.36. The minimum absolute atomic E-state index is 0.297. The van der Waals surface area contributed by atoms with E-state index in [1.807, 2.05) is 0 Å². The van der Waals surface area contributed by atoms with E-state index < -0.39 is 0 Å². The molecule has 1 unspecified atom stereocenters. The summed E-state index contributed by atoms with van der Waals surface area (Å²) in [5, 5.41) is 0. The molecule has 0 spiro atoms. The number of benzene rings is 1. The maximum absolute atomic E-state index is 4.23. The van der Waals surface area contributed by atoms with E-state index in [-0.39, 0.29) is 0 Å². The minimum atomic E-state index is 0.297. The summed E-state index contributed by atoms with van der Waals surface area (Å²) in [6, 6.07) is 8.99. The van der Waals surface area contributed by atoms with Crippen molar-refractivity contribution < 1.29 is 0 Å². The van der Waals surface area contributed by atoms with E-state index in [1.54, 1.807) is 0 Å². The Balaban J connectivity index is 2.04. The Kier molecular flexibility index (Phi) is 2.93. The Morgan fingerprint density at radius 1 is 1.17 bits per heavy atom. The molecule has 2 aliphatic heterocycles. The third-order valence-corrected chi connectivity index (χ3v) is 4.67. The number of anilines is 1. The number of nitrogens with zero attached hydrogens (tertiary/aromatic N) is 1. The fourth-order valence-electron chi connectivity index (χ4n) is 3.70. The topological polar surface area (TPSA) is 3.24 Å². The first kappa shape index (κ1) is 11.8. The standard InChI is InChI=1S/C17H23N/c1-14-10-12-18-16-9-4-3-7-15(16)8-5-6-11-17(18,2)13-14/h3-4,7,9H,1,5-6,8,10-13H2,2H3. The first-order valence-corrected chi connectivity index (χ1v) is 7.21. The number of piperidine rings is 1. The Labute approximate surface area is 111 Å². The maximum atomic E-state index is 4.23. The number of hydrogen-bond donors (Lipinski definition) is 0. The van der Waals surface area contributed by atoms with E-state index in [1.165, 1.54) is 48.9 Å². The first-order valence-electron chi connectivity index (χ1n) is 7.21. The molecule has 3 rings (SSSR count). The predicted octanol–water partition coefficient (Wildman–Crippen LogP) is 4.33. The quantitative estimate of drug-likeness (QED) is 0.611. The van der Waals surface area contributed by atoms with Gasteiger partial charge in [0, 0.05) is 17.8 Å². The number of hydrogen-bond acceptors (Lipinski definition) is 1. The van der Waals surface area contributed by atoms with E-state index in [0.717, 1.165) is 13.0 Å². The molecular formula is C17H23N. The number of rotatable bonds is 0. The zero-order valence-corrected chi connectivity index (χ0v) is 11.4. The van der Waals surface area contributed by atoms with E-state index >= 15 is 0 Å². The third kappa shape index (κ3) is 1.96. The largest absolute Gasteiger partial charge is 0.365 e. The molecule has 1 atom stereocenters. The molecule has 0 N–H and O–H groups in total. The van der Waals surface area contributed by atoms with Gasteiger partial charge < -0.3 is 4.90 Å². The van der Waals surface area contributed by atoms with E-state index in [2.05, 4.69) is 42.7 Å². The summed E-state index contributed by atoms with van der Waals surface area (Å²) in [5.74, 6) is 0. The van der Waals surface area contributed by atoms with Gasteiger partial charge in [-0.3, -0.25) is 0 Å². The van der Waals surface area contributed by atoms with E-state index in [0.29, 0.717) is 5.54 Å².